The van der Waals surface area contributed by atoms with Crippen molar-refractivity contribution in [3.8, 4) is 0 Å². The van der Waals surface area contributed by atoms with Gasteiger partial charge in [0, 0.05) is 30.9 Å². The van der Waals surface area contributed by atoms with Gasteiger partial charge in [-0.05, 0) is 32.6 Å². The predicted molar refractivity (Wildman–Crippen MR) is 85.4 cm³/mol. The summed E-state index contributed by atoms with van der Waals surface area (Å²) in [5.74, 6) is 1.88. The highest BCUT2D eigenvalue weighted by Gasteiger charge is 2.21. The molecule has 1 atom stereocenters. The molecule has 4 nitrogen and oxygen atoms in total. The molecule has 1 unspecified atom stereocenters. The van der Waals surface area contributed by atoms with E-state index in [1.54, 1.807) is 0 Å². The average molecular weight is 276 g/mol. The predicted octanol–water partition coefficient (Wildman–Crippen LogP) is 3.77. The summed E-state index contributed by atoms with van der Waals surface area (Å²) in [6, 6.07) is 2.76. The van der Waals surface area contributed by atoms with Gasteiger partial charge in [-0.25, -0.2) is 4.98 Å². The first kappa shape index (κ1) is 15.1. The Balaban J connectivity index is 2.22. The van der Waals surface area contributed by atoms with Crippen LogP contribution in [0.15, 0.2) is 6.07 Å². The number of nitrogens with one attached hydrogen (secondary N) is 1. The lowest BCUT2D eigenvalue weighted by Gasteiger charge is -2.30. The summed E-state index contributed by atoms with van der Waals surface area (Å²) in [5, 5.41) is 3.31. The lowest BCUT2D eigenvalue weighted by atomic mass is 10.1. The lowest BCUT2D eigenvalue weighted by molar-refractivity contribution is 0.552. The van der Waals surface area contributed by atoms with Crippen molar-refractivity contribution in [3.05, 3.63) is 11.8 Å². The number of hydrogen-bond donors (Lipinski definition) is 1. The minimum Gasteiger partial charge on any atom is -0.354 e. The van der Waals surface area contributed by atoms with Crippen molar-refractivity contribution >= 4 is 11.8 Å². The van der Waals surface area contributed by atoms with E-state index in [1.165, 1.54) is 32.1 Å². The van der Waals surface area contributed by atoms with E-state index in [1.807, 2.05) is 0 Å². The summed E-state index contributed by atoms with van der Waals surface area (Å²) in [6.45, 7) is 8.56. The molecule has 1 aliphatic heterocycles. The lowest BCUT2D eigenvalue weighted by Crippen LogP contribution is -2.35. The molecule has 1 aromatic rings. The Morgan fingerprint density at radius 2 is 2.10 bits per heavy atom. The van der Waals surface area contributed by atoms with Crippen LogP contribution in [-0.2, 0) is 0 Å². The van der Waals surface area contributed by atoms with Crippen LogP contribution < -0.4 is 10.2 Å². The van der Waals surface area contributed by atoms with E-state index in [-0.39, 0.29) is 0 Å². The third-order valence-electron chi connectivity index (χ3n) is 4.02. The van der Waals surface area contributed by atoms with Crippen LogP contribution in [0.4, 0.5) is 11.8 Å². The first-order valence-electron chi connectivity index (χ1n) is 8.10. The molecule has 0 aromatic carbocycles. The molecule has 0 amide bonds. The highest BCUT2D eigenvalue weighted by Crippen LogP contribution is 2.25. The average Bonchev–Trinajstić information content (AvgIpc) is 2.69. The number of anilines is 2. The van der Waals surface area contributed by atoms with E-state index in [4.69, 9.17) is 4.98 Å². The SMILES string of the molecule is CCCNc1nc(C)cc(N2CCCCCC2CC)n1. The molecule has 0 saturated carbocycles. The molecule has 1 N–H and O–H groups in total. The van der Waals surface area contributed by atoms with Crippen LogP contribution in [0, 0.1) is 6.92 Å². The molecule has 1 aromatic heterocycles. The van der Waals surface area contributed by atoms with Crippen LogP contribution in [0.25, 0.3) is 0 Å². The molecule has 0 aliphatic carbocycles. The zero-order valence-corrected chi connectivity index (χ0v) is 13.2. The smallest absolute Gasteiger partial charge is 0.224 e. The number of rotatable bonds is 5. The molecule has 2 heterocycles. The van der Waals surface area contributed by atoms with Crippen molar-refractivity contribution in [1.29, 1.82) is 0 Å². The molecule has 1 saturated heterocycles. The van der Waals surface area contributed by atoms with Gasteiger partial charge in [0.25, 0.3) is 0 Å². The van der Waals surface area contributed by atoms with Crippen molar-refractivity contribution in [2.75, 3.05) is 23.3 Å². The zero-order valence-electron chi connectivity index (χ0n) is 13.2. The summed E-state index contributed by atoms with van der Waals surface area (Å²) in [4.78, 5) is 11.7. The van der Waals surface area contributed by atoms with Gasteiger partial charge in [-0.3, -0.25) is 0 Å². The second-order valence-electron chi connectivity index (χ2n) is 5.72. The van der Waals surface area contributed by atoms with E-state index in [0.717, 1.165) is 37.0 Å². The Bertz CT molecular complexity index is 419. The van der Waals surface area contributed by atoms with Crippen LogP contribution in [0.1, 0.15) is 58.1 Å². The minimum atomic E-state index is 0.630. The summed E-state index contributed by atoms with van der Waals surface area (Å²) in [7, 11) is 0. The Morgan fingerprint density at radius 1 is 1.25 bits per heavy atom. The molecular formula is C16H28N4. The Labute approximate surface area is 123 Å². The summed E-state index contributed by atoms with van der Waals surface area (Å²) in [5.41, 5.74) is 1.05. The van der Waals surface area contributed by atoms with Crippen molar-refractivity contribution in [3.63, 3.8) is 0 Å². The monoisotopic (exact) mass is 276 g/mol. The van der Waals surface area contributed by atoms with Crippen LogP contribution in [0.3, 0.4) is 0 Å². The largest absolute Gasteiger partial charge is 0.354 e. The zero-order chi connectivity index (χ0) is 14.4. The quantitative estimate of drug-likeness (QED) is 0.889. The van der Waals surface area contributed by atoms with Gasteiger partial charge in [-0.1, -0.05) is 26.7 Å². The standard InChI is InChI=1S/C16H28N4/c1-4-10-17-16-18-13(3)12-15(19-16)20-11-8-6-7-9-14(20)5-2/h12,14H,4-11H2,1-3H3,(H,17,18,19). The summed E-state index contributed by atoms with van der Waals surface area (Å²) < 4.78 is 0. The molecule has 0 radical (unpaired) electrons. The molecule has 4 heteroatoms. The van der Waals surface area contributed by atoms with E-state index in [2.05, 4.69) is 42.0 Å². The van der Waals surface area contributed by atoms with Crippen LogP contribution >= 0.6 is 0 Å². The highest BCUT2D eigenvalue weighted by atomic mass is 15.2. The van der Waals surface area contributed by atoms with Gasteiger partial charge in [0.05, 0.1) is 0 Å². The maximum atomic E-state index is 4.74. The van der Waals surface area contributed by atoms with Gasteiger partial charge >= 0.3 is 0 Å². The van der Waals surface area contributed by atoms with E-state index in [0.29, 0.717) is 6.04 Å². The first-order valence-corrected chi connectivity index (χ1v) is 8.10. The normalized spacial score (nSPS) is 19.8. The number of nitrogens with zero attached hydrogens (tertiary/aromatic N) is 3. The Hall–Kier alpha value is -1.32. The van der Waals surface area contributed by atoms with Crippen molar-refractivity contribution in [2.24, 2.45) is 0 Å². The summed E-state index contributed by atoms with van der Waals surface area (Å²) in [6.07, 6.45) is 7.54. The molecule has 1 fully saturated rings. The van der Waals surface area contributed by atoms with Gasteiger partial charge in [0.15, 0.2) is 0 Å². The van der Waals surface area contributed by atoms with Crippen LogP contribution in [0.2, 0.25) is 0 Å². The summed E-state index contributed by atoms with van der Waals surface area (Å²) >= 11 is 0. The van der Waals surface area contributed by atoms with E-state index in [9.17, 15) is 0 Å². The van der Waals surface area contributed by atoms with Crippen LogP contribution in [-0.4, -0.2) is 29.1 Å². The number of aryl methyl sites for hydroxylation is 1. The fourth-order valence-corrected chi connectivity index (χ4v) is 2.92. The van der Waals surface area contributed by atoms with Crippen molar-refractivity contribution in [2.45, 2.75) is 65.3 Å². The maximum absolute atomic E-state index is 4.74. The Morgan fingerprint density at radius 3 is 2.85 bits per heavy atom. The Kier molecular flexibility index (Phi) is 5.62. The van der Waals surface area contributed by atoms with Crippen molar-refractivity contribution < 1.29 is 0 Å². The fourth-order valence-electron chi connectivity index (χ4n) is 2.92. The molecule has 0 spiro atoms. The van der Waals surface area contributed by atoms with Gasteiger partial charge in [-0.2, -0.15) is 4.98 Å². The van der Waals surface area contributed by atoms with Crippen molar-refractivity contribution in [1.82, 2.24) is 9.97 Å². The molecule has 112 valence electrons. The van der Waals surface area contributed by atoms with Gasteiger partial charge in [0.2, 0.25) is 5.95 Å². The molecule has 0 bridgehead atoms. The maximum Gasteiger partial charge on any atom is 0.224 e. The van der Waals surface area contributed by atoms with Gasteiger partial charge < -0.3 is 10.2 Å². The highest BCUT2D eigenvalue weighted by molar-refractivity contribution is 5.45. The fraction of sp³-hybridized carbons (Fsp3) is 0.750. The van der Waals surface area contributed by atoms with E-state index >= 15 is 0 Å². The molecule has 20 heavy (non-hydrogen) atoms. The second-order valence-corrected chi connectivity index (χ2v) is 5.72. The van der Waals surface area contributed by atoms with E-state index < -0.39 is 0 Å². The van der Waals surface area contributed by atoms with Gasteiger partial charge in [0.1, 0.15) is 5.82 Å². The third kappa shape index (κ3) is 3.84. The minimum absolute atomic E-state index is 0.630. The number of aromatic nitrogens is 2. The third-order valence-corrected chi connectivity index (χ3v) is 4.02. The topological polar surface area (TPSA) is 41.1 Å². The van der Waals surface area contributed by atoms with Gasteiger partial charge in [-0.15, -0.1) is 0 Å². The van der Waals surface area contributed by atoms with Crippen LogP contribution in [0.5, 0.6) is 0 Å². The molecule has 1 aliphatic rings. The first-order chi connectivity index (χ1) is 9.74. The molecular weight excluding hydrogens is 248 g/mol. The second kappa shape index (κ2) is 7.46. The number of hydrogen-bond acceptors (Lipinski definition) is 4. The molecule has 2 rings (SSSR count).